The molecule has 0 aliphatic heterocycles. The summed E-state index contributed by atoms with van der Waals surface area (Å²) in [5.41, 5.74) is 3.76. The number of nitrogens with zero attached hydrogens (tertiary/aromatic N) is 1. The second-order valence-corrected chi connectivity index (χ2v) is 4.78. The number of hydrogen-bond donors (Lipinski definition) is 2. The summed E-state index contributed by atoms with van der Waals surface area (Å²) in [7, 11) is -1.52. The Morgan fingerprint density at radius 3 is 1.48 bits per heavy atom. The van der Waals surface area contributed by atoms with Crippen molar-refractivity contribution in [3.63, 3.8) is 0 Å². The van der Waals surface area contributed by atoms with E-state index in [4.69, 9.17) is 0 Å². The fraction of sp³-hybridized carbons (Fsp3) is 0. The molecule has 0 fully saturated rings. The number of aromatic nitrogens is 1. The van der Waals surface area contributed by atoms with Crippen LogP contribution in [-0.4, -0.2) is 22.2 Å². The molecule has 102 valence electrons. The summed E-state index contributed by atoms with van der Waals surface area (Å²) < 4.78 is 0. The molecule has 0 radical (unpaired) electrons. The van der Waals surface area contributed by atoms with E-state index >= 15 is 0 Å². The Morgan fingerprint density at radius 1 is 0.667 bits per heavy atom. The summed E-state index contributed by atoms with van der Waals surface area (Å²) in [4.78, 5) is 4.63. The highest BCUT2D eigenvalue weighted by Crippen LogP contribution is 2.21. The molecule has 0 saturated heterocycles. The van der Waals surface area contributed by atoms with E-state index in [2.05, 4.69) is 4.98 Å². The zero-order valence-corrected chi connectivity index (χ0v) is 11.3. The molecule has 0 atom stereocenters. The van der Waals surface area contributed by atoms with Gasteiger partial charge in [0.1, 0.15) is 0 Å². The first-order valence-corrected chi connectivity index (χ1v) is 6.73. The van der Waals surface area contributed by atoms with Gasteiger partial charge in [0, 0.05) is 11.1 Å². The molecule has 1 heterocycles. The molecular weight excluding hydrogens is 261 g/mol. The highest BCUT2D eigenvalue weighted by Gasteiger charge is 2.15. The van der Waals surface area contributed by atoms with Crippen molar-refractivity contribution >= 4 is 12.6 Å². The second kappa shape index (κ2) is 5.91. The maximum atomic E-state index is 9.49. The summed E-state index contributed by atoms with van der Waals surface area (Å²) in [5.74, 6) is 0. The van der Waals surface area contributed by atoms with Gasteiger partial charge in [0.2, 0.25) is 0 Å². The molecular formula is C17H14BNO2. The van der Waals surface area contributed by atoms with Crippen molar-refractivity contribution in [2.45, 2.75) is 0 Å². The topological polar surface area (TPSA) is 53.4 Å². The first kappa shape index (κ1) is 13.6. The molecule has 3 nitrogen and oxygen atoms in total. The maximum absolute atomic E-state index is 9.49. The lowest BCUT2D eigenvalue weighted by Gasteiger charge is -2.09. The maximum Gasteiger partial charge on any atom is 0.488 e. The van der Waals surface area contributed by atoms with E-state index in [1.807, 2.05) is 60.7 Å². The van der Waals surface area contributed by atoms with Crippen molar-refractivity contribution in [3.05, 3.63) is 72.8 Å². The lowest BCUT2D eigenvalue weighted by atomic mass is 9.79. The summed E-state index contributed by atoms with van der Waals surface area (Å²) in [6.07, 6.45) is 0. The Labute approximate surface area is 123 Å². The van der Waals surface area contributed by atoms with Crippen LogP contribution in [0.4, 0.5) is 0 Å². The van der Waals surface area contributed by atoms with Crippen LogP contribution in [0.5, 0.6) is 0 Å². The van der Waals surface area contributed by atoms with Crippen molar-refractivity contribution < 1.29 is 10.0 Å². The minimum absolute atomic E-state index is 0.433. The van der Waals surface area contributed by atoms with Gasteiger partial charge in [-0.05, 0) is 17.6 Å². The van der Waals surface area contributed by atoms with Crippen LogP contribution >= 0.6 is 0 Å². The third kappa shape index (κ3) is 3.02. The van der Waals surface area contributed by atoms with Crippen LogP contribution in [0, 0.1) is 0 Å². The van der Waals surface area contributed by atoms with E-state index < -0.39 is 7.12 Å². The van der Waals surface area contributed by atoms with Crippen molar-refractivity contribution in [1.29, 1.82) is 0 Å². The van der Waals surface area contributed by atoms with E-state index in [9.17, 15) is 10.0 Å². The van der Waals surface area contributed by atoms with E-state index in [0.717, 1.165) is 22.5 Å². The molecule has 0 spiro atoms. The third-order valence-electron chi connectivity index (χ3n) is 3.28. The molecule has 0 bridgehead atoms. The SMILES string of the molecule is OB(O)c1cc(-c2ccccc2)nc(-c2ccccc2)c1. The third-order valence-corrected chi connectivity index (χ3v) is 3.28. The van der Waals surface area contributed by atoms with Gasteiger partial charge in [-0.3, -0.25) is 0 Å². The van der Waals surface area contributed by atoms with Gasteiger partial charge in [-0.2, -0.15) is 0 Å². The quantitative estimate of drug-likeness (QED) is 0.720. The van der Waals surface area contributed by atoms with Crippen LogP contribution in [0.15, 0.2) is 72.8 Å². The van der Waals surface area contributed by atoms with E-state index in [1.54, 1.807) is 12.1 Å². The van der Waals surface area contributed by atoms with E-state index in [-0.39, 0.29) is 0 Å². The van der Waals surface area contributed by atoms with Crippen molar-refractivity contribution in [3.8, 4) is 22.5 Å². The van der Waals surface area contributed by atoms with Crippen LogP contribution in [-0.2, 0) is 0 Å². The molecule has 4 heteroatoms. The second-order valence-electron chi connectivity index (χ2n) is 4.78. The Hall–Kier alpha value is -2.43. The highest BCUT2D eigenvalue weighted by molar-refractivity contribution is 6.58. The van der Waals surface area contributed by atoms with Crippen molar-refractivity contribution in [1.82, 2.24) is 4.98 Å². The molecule has 2 aromatic carbocycles. The minimum atomic E-state index is -1.52. The number of benzene rings is 2. The number of hydrogen-bond acceptors (Lipinski definition) is 3. The lowest BCUT2D eigenvalue weighted by molar-refractivity contribution is 0.426. The van der Waals surface area contributed by atoms with Gasteiger partial charge in [0.15, 0.2) is 0 Å². The lowest BCUT2D eigenvalue weighted by Crippen LogP contribution is -2.30. The molecule has 1 aromatic heterocycles. The fourth-order valence-electron chi connectivity index (χ4n) is 2.21. The molecule has 2 N–H and O–H groups in total. The van der Waals surface area contributed by atoms with Gasteiger partial charge >= 0.3 is 7.12 Å². The Balaban J connectivity index is 2.16. The van der Waals surface area contributed by atoms with Gasteiger partial charge in [-0.15, -0.1) is 0 Å². The Morgan fingerprint density at radius 2 is 1.10 bits per heavy atom. The monoisotopic (exact) mass is 275 g/mol. The average molecular weight is 275 g/mol. The fourth-order valence-corrected chi connectivity index (χ4v) is 2.21. The van der Waals surface area contributed by atoms with Crippen LogP contribution in [0.1, 0.15) is 0 Å². The largest absolute Gasteiger partial charge is 0.488 e. The van der Waals surface area contributed by atoms with Gasteiger partial charge in [0.25, 0.3) is 0 Å². The molecule has 21 heavy (non-hydrogen) atoms. The van der Waals surface area contributed by atoms with Crippen LogP contribution in [0.2, 0.25) is 0 Å². The summed E-state index contributed by atoms with van der Waals surface area (Å²) in [5, 5.41) is 19.0. The Bertz CT molecular complexity index is 673. The molecule has 0 aliphatic carbocycles. The van der Waals surface area contributed by atoms with Gasteiger partial charge in [0.05, 0.1) is 11.4 Å². The molecule has 3 aromatic rings. The first-order chi connectivity index (χ1) is 10.2. The first-order valence-electron chi connectivity index (χ1n) is 6.73. The smallest absolute Gasteiger partial charge is 0.423 e. The summed E-state index contributed by atoms with van der Waals surface area (Å²) >= 11 is 0. The van der Waals surface area contributed by atoms with Gasteiger partial charge < -0.3 is 10.0 Å². The van der Waals surface area contributed by atoms with Crippen molar-refractivity contribution in [2.24, 2.45) is 0 Å². The Kier molecular flexibility index (Phi) is 3.82. The van der Waals surface area contributed by atoms with Crippen LogP contribution < -0.4 is 5.46 Å². The summed E-state index contributed by atoms with van der Waals surface area (Å²) in [6.45, 7) is 0. The number of pyridine rings is 1. The average Bonchev–Trinajstić information content (AvgIpc) is 2.56. The van der Waals surface area contributed by atoms with Crippen molar-refractivity contribution in [2.75, 3.05) is 0 Å². The molecule has 0 saturated carbocycles. The van der Waals surface area contributed by atoms with E-state index in [1.165, 1.54) is 0 Å². The van der Waals surface area contributed by atoms with Crippen LogP contribution in [0.3, 0.4) is 0 Å². The molecule has 3 rings (SSSR count). The molecule has 0 aliphatic rings. The van der Waals surface area contributed by atoms with Gasteiger partial charge in [-0.1, -0.05) is 60.7 Å². The standard InChI is InChI=1S/C17H14BNO2/c20-18(21)15-11-16(13-7-3-1-4-8-13)19-17(12-15)14-9-5-2-6-10-14/h1-12,20-21H. The molecule has 0 unspecified atom stereocenters. The van der Waals surface area contributed by atoms with Gasteiger partial charge in [-0.25, -0.2) is 4.98 Å². The number of rotatable bonds is 3. The zero-order valence-electron chi connectivity index (χ0n) is 11.3. The molecule has 0 amide bonds. The summed E-state index contributed by atoms with van der Waals surface area (Å²) in [6, 6.07) is 22.8. The normalized spacial score (nSPS) is 10.4. The predicted molar refractivity (Wildman–Crippen MR) is 84.9 cm³/mol. The van der Waals surface area contributed by atoms with E-state index in [0.29, 0.717) is 5.46 Å². The zero-order chi connectivity index (χ0) is 14.7. The predicted octanol–water partition coefficient (Wildman–Crippen LogP) is 2.10. The minimum Gasteiger partial charge on any atom is -0.423 e. The highest BCUT2D eigenvalue weighted by atomic mass is 16.4. The van der Waals surface area contributed by atoms with Crippen LogP contribution in [0.25, 0.3) is 22.5 Å².